The first-order chi connectivity index (χ1) is 14.0. The minimum Gasteiger partial charge on any atom is -0.321 e. The molecule has 4 rings (SSSR count). The van der Waals surface area contributed by atoms with E-state index in [9.17, 15) is 14.9 Å². The van der Waals surface area contributed by atoms with Crippen molar-refractivity contribution in [2.45, 2.75) is 16.8 Å². The molecule has 2 aromatic carbocycles. The van der Waals surface area contributed by atoms with Crippen LogP contribution in [-0.4, -0.2) is 20.8 Å². The minimum atomic E-state index is -0.498. The number of aryl methyl sites for hydroxylation is 1. The summed E-state index contributed by atoms with van der Waals surface area (Å²) in [5, 5.41) is 17.5. The first-order valence-electron chi connectivity index (χ1n) is 8.54. The summed E-state index contributed by atoms with van der Waals surface area (Å²) in [5.41, 5.74) is 2.03. The largest absolute Gasteiger partial charge is 0.321 e. The lowest BCUT2D eigenvalue weighted by Gasteiger charge is -2.11. The lowest BCUT2D eigenvalue weighted by atomic mass is 10.2. The number of nitro groups is 1. The van der Waals surface area contributed by atoms with Crippen LogP contribution in [0.5, 0.6) is 0 Å². The topological polar surface area (TPSA) is 98.0 Å². The number of anilines is 1. The summed E-state index contributed by atoms with van der Waals surface area (Å²) in [6, 6.07) is 12.9. The predicted octanol–water partition coefficient (Wildman–Crippen LogP) is 5.31. The molecule has 4 aromatic rings. The number of para-hydroxylation sites is 1. The average Bonchev–Trinajstić information content (AvgIpc) is 3.11. The van der Waals surface area contributed by atoms with Gasteiger partial charge in [0.25, 0.3) is 11.6 Å². The van der Waals surface area contributed by atoms with Gasteiger partial charge in [0.05, 0.1) is 10.6 Å². The minimum absolute atomic E-state index is 0.0589. The highest BCUT2D eigenvalue weighted by Crippen LogP contribution is 2.38. The zero-order chi connectivity index (χ0) is 20.4. The van der Waals surface area contributed by atoms with Crippen molar-refractivity contribution < 1.29 is 9.72 Å². The Morgan fingerprint density at radius 3 is 2.66 bits per heavy atom. The van der Waals surface area contributed by atoms with Crippen LogP contribution in [0.1, 0.15) is 15.9 Å². The Morgan fingerprint density at radius 2 is 1.90 bits per heavy atom. The van der Waals surface area contributed by atoms with Gasteiger partial charge in [-0.1, -0.05) is 23.9 Å². The van der Waals surface area contributed by atoms with Gasteiger partial charge >= 0.3 is 0 Å². The second-order valence-electron chi connectivity index (χ2n) is 6.13. The van der Waals surface area contributed by atoms with Gasteiger partial charge in [-0.15, -0.1) is 11.3 Å². The molecule has 0 aliphatic heterocycles. The molecule has 0 spiro atoms. The highest BCUT2D eigenvalue weighted by Gasteiger charge is 2.15. The quantitative estimate of drug-likeness (QED) is 0.266. The summed E-state index contributed by atoms with van der Waals surface area (Å²) in [5.74, 6) is -0.340. The summed E-state index contributed by atoms with van der Waals surface area (Å²) in [6.45, 7) is 2.02. The molecule has 0 saturated heterocycles. The molecule has 0 aliphatic carbocycles. The first-order valence-corrected chi connectivity index (χ1v) is 10.2. The fourth-order valence-corrected chi connectivity index (χ4v) is 4.75. The van der Waals surface area contributed by atoms with Gasteiger partial charge in [0, 0.05) is 28.0 Å². The van der Waals surface area contributed by atoms with Crippen molar-refractivity contribution in [2.24, 2.45) is 0 Å². The number of amides is 1. The smallest absolute Gasteiger partial charge is 0.269 e. The van der Waals surface area contributed by atoms with Gasteiger partial charge in [0.15, 0.2) is 0 Å². The van der Waals surface area contributed by atoms with Gasteiger partial charge < -0.3 is 5.32 Å². The normalized spacial score (nSPS) is 10.8. The molecule has 1 amide bonds. The molecular weight excluding hydrogens is 408 g/mol. The average molecular weight is 422 g/mol. The number of carbonyl (C=O) groups is 1. The third-order valence-electron chi connectivity index (χ3n) is 4.20. The number of thiophene rings is 1. The fraction of sp³-hybridized carbons (Fsp3) is 0.0500. The number of rotatable bonds is 5. The van der Waals surface area contributed by atoms with Crippen LogP contribution in [0.2, 0.25) is 0 Å². The van der Waals surface area contributed by atoms with E-state index in [0.29, 0.717) is 11.3 Å². The number of benzene rings is 2. The summed E-state index contributed by atoms with van der Waals surface area (Å²) in [4.78, 5) is 33.4. The Kier molecular flexibility index (Phi) is 5.24. The second kappa shape index (κ2) is 7.98. The Morgan fingerprint density at radius 1 is 1.14 bits per heavy atom. The standard InChI is InChI=1S/C20H14N4O3S2/c1-12-10-28-19-17(12)20(22-11-21-19)29-16-5-3-2-4-15(16)23-18(25)13-6-8-14(9-7-13)24(26)27/h2-11H,1H3,(H,23,25). The number of carbonyl (C=O) groups excluding carboxylic acids is 1. The van der Waals surface area contributed by atoms with E-state index < -0.39 is 4.92 Å². The van der Waals surface area contributed by atoms with Crippen LogP contribution >= 0.6 is 23.1 Å². The maximum atomic E-state index is 12.6. The van der Waals surface area contributed by atoms with Crippen molar-refractivity contribution in [1.82, 2.24) is 9.97 Å². The molecule has 0 saturated carbocycles. The predicted molar refractivity (Wildman–Crippen MR) is 114 cm³/mol. The van der Waals surface area contributed by atoms with Crippen LogP contribution in [-0.2, 0) is 0 Å². The zero-order valence-electron chi connectivity index (χ0n) is 15.2. The SMILES string of the molecule is Cc1csc2ncnc(Sc3ccccc3NC(=O)c3ccc([N+](=O)[O-])cc3)c12. The highest BCUT2D eigenvalue weighted by molar-refractivity contribution is 7.99. The molecule has 2 aromatic heterocycles. The number of nitrogens with zero attached hydrogens (tertiary/aromatic N) is 3. The number of non-ortho nitro benzene ring substituents is 1. The lowest BCUT2D eigenvalue weighted by molar-refractivity contribution is -0.384. The molecule has 0 bridgehead atoms. The van der Waals surface area contributed by atoms with E-state index >= 15 is 0 Å². The monoisotopic (exact) mass is 422 g/mol. The molecule has 1 N–H and O–H groups in total. The van der Waals surface area contributed by atoms with Crippen molar-refractivity contribution in [1.29, 1.82) is 0 Å². The fourth-order valence-electron chi connectivity index (χ4n) is 2.75. The third-order valence-corrected chi connectivity index (χ3v) is 6.28. The van der Waals surface area contributed by atoms with E-state index in [1.807, 2.05) is 36.6 Å². The molecule has 29 heavy (non-hydrogen) atoms. The van der Waals surface area contributed by atoms with Crippen molar-refractivity contribution in [3.8, 4) is 0 Å². The summed E-state index contributed by atoms with van der Waals surface area (Å²) < 4.78 is 0. The van der Waals surface area contributed by atoms with Gasteiger partial charge in [-0.2, -0.15) is 0 Å². The Labute approximate surface area is 174 Å². The molecule has 9 heteroatoms. The van der Waals surface area contributed by atoms with Gasteiger partial charge in [-0.25, -0.2) is 9.97 Å². The molecule has 144 valence electrons. The van der Waals surface area contributed by atoms with E-state index in [1.54, 1.807) is 17.7 Å². The molecule has 2 heterocycles. The zero-order valence-corrected chi connectivity index (χ0v) is 16.8. The van der Waals surface area contributed by atoms with Crippen LogP contribution in [0.25, 0.3) is 10.2 Å². The Balaban J connectivity index is 1.60. The Bertz CT molecular complexity index is 1220. The number of aromatic nitrogens is 2. The van der Waals surface area contributed by atoms with Crippen LogP contribution < -0.4 is 5.32 Å². The van der Waals surface area contributed by atoms with Crippen molar-refractivity contribution >= 4 is 50.6 Å². The van der Waals surface area contributed by atoms with Gasteiger partial charge in [0.2, 0.25) is 0 Å². The maximum Gasteiger partial charge on any atom is 0.269 e. The van der Waals surface area contributed by atoms with E-state index in [4.69, 9.17) is 0 Å². The molecule has 0 unspecified atom stereocenters. The number of nitro benzene ring substituents is 1. The third kappa shape index (κ3) is 3.96. The second-order valence-corrected chi connectivity index (χ2v) is 8.02. The molecule has 0 aliphatic rings. The van der Waals surface area contributed by atoms with Gasteiger partial charge in [-0.3, -0.25) is 14.9 Å². The highest BCUT2D eigenvalue weighted by atomic mass is 32.2. The number of hydrogen-bond donors (Lipinski definition) is 1. The first kappa shape index (κ1) is 19.0. The van der Waals surface area contributed by atoms with E-state index in [2.05, 4.69) is 15.3 Å². The van der Waals surface area contributed by atoms with E-state index in [-0.39, 0.29) is 11.6 Å². The van der Waals surface area contributed by atoms with Crippen LogP contribution in [0.3, 0.4) is 0 Å². The maximum absolute atomic E-state index is 12.6. The molecule has 7 nitrogen and oxygen atoms in total. The summed E-state index contributed by atoms with van der Waals surface area (Å²) >= 11 is 3.03. The van der Waals surface area contributed by atoms with Gasteiger partial charge in [0.1, 0.15) is 16.2 Å². The molecule has 0 fully saturated rings. The van der Waals surface area contributed by atoms with Crippen LogP contribution in [0.4, 0.5) is 11.4 Å². The van der Waals surface area contributed by atoms with Crippen LogP contribution in [0, 0.1) is 17.0 Å². The molecule has 0 atom stereocenters. The van der Waals surface area contributed by atoms with Crippen LogP contribution in [0.15, 0.2) is 70.2 Å². The van der Waals surface area contributed by atoms with Crippen molar-refractivity contribution in [2.75, 3.05) is 5.32 Å². The summed E-state index contributed by atoms with van der Waals surface area (Å²) in [6.07, 6.45) is 1.54. The Hall–Kier alpha value is -3.30. The lowest BCUT2D eigenvalue weighted by Crippen LogP contribution is -2.12. The van der Waals surface area contributed by atoms with Crippen molar-refractivity contribution in [3.05, 3.63) is 81.5 Å². The molecule has 0 radical (unpaired) electrons. The van der Waals surface area contributed by atoms with E-state index in [0.717, 1.165) is 25.7 Å². The summed E-state index contributed by atoms with van der Waals surface area (Å²) in [7, 11) is 0. The number of nitrogens with one attached hydrogen (secondary N) is 1. The molecular formula is C20H14N4O3S2. The van der Waals surface area contributed by atoms with Crippen molar-refractivity contribution in [3.63, 3.8) is 0 Å². The number of fused-ring (bicyclic) bond motifs is 1. The number of hydrogen-bond acceptors (Lipinski definition) is 7. The van der Waals surface area contributed by atoms with Gasteiger partial charge in [-0.05, 0) is 42.1 Å². The van der Waals surface area contributed by atoms with E-state index in [1.165, 1.54) is 36.0 Å².